The Labute approximate surface area is 118 Å². The molecule has 1 rings (SSSR count). The Hall–Kier alpha value is -1.24. The molecule has 104 valence electrons. The maximum absolute atomic E-state index is 13.4. The zero-order chi connectivity index (χ0) is 14.4. The average Bonchev–Trinajstić information content (AvgIpc) is 2.37. The van der Waals surface area contributed by atoms with Gasteiger partial charge in [-0.3, -0.25) is 0 Å². The van der Waals surface area contributed by atoms with E-state index >= 15 is 0 Å². The van der Waals surface area contributed by atoms with Crippen LogP contribution in [0.1, 0.15) is 23.7 Å². The minimum absolute atomic E-state index is 0.0463. The molecule has 0 fully saturated rings. The summed E-state index contributed by atoms with van der Waals surface area (Å²) < 4.78 is 13.4. The van der Waals surface area contributed by atoms with Crippen molar-refractivity contribution in [2.24, 2.45) is 0 Å². The molecule has 0 aliphatic heterocycles. The van der Waals surface area contributed by atoms with Crippen molar-refractivity contribution < 1.29 is 24.5 Å². The summed E-state index contributed by atoms with van der Waals surface area (Å²) in [4.78, 5) is 10.4. The molecule has 0 bridgehead atoms. The molecule has 0 aromatic heterocycles. The van der Waals surface area contributed by atoms with E-state index in [1.165, 1.54) is 12.1 Å². The van der Waals surface area contributed by atoms with Crippen LogP contribution in [0, 0.1) is 5.82 Å². The van der Waals surface area contributed by atoms with Gasteiger partial charge < -0.3 is 15.3 Å². The highest BCUT2D eigenvalue weighted by atomic mass is 79.9. The van der Waals surface area contributed by atoms with Gasteiger partial charge in [-0.25, -0.2) is 9.18 Å². The van der Waals surface area contributed by atoms with Gasteiger partial charge in [-0.15, -0.1) is 0 Å². The van der Waals surface area contributed by atoms with E-state index in [1.54, 1.807) is 0 Å². The Bertz CT molecular complexity index is 476. The van der Waals surface area contributed by atoms with Crippen LogP contribution in [0.3, 0.4) is 0 Å². The number of alkyl halides is 1. The van der Waals surface area contributed by atoms with Crippen LogP contribution >= 0.6 is 15.9 Å². The van der Waals surface area contributed by atoms with Gasteiger partial charge in [0, 0.05) is 17.0 Å². The first-order chi connectivity index (χ1) is 8.95. The molecule has 1 aromatic rings. The lowest BCUT2D eigenvalue weighted by Crippen LogP contribution is -2.18. The van der Waals surface area contributed by atoms with Gasteiger partial charge in [0.2, 0.25) is 0 Å². The fraction of sp³-hybridized carbons (Fsp3) is 0.308. The van der Waals surface area contributed by atoms with E-state index < -0.39 is 24.0 Å². The van der Waals surface area contributed by atoms with Crippen LogP contribution in [0.25, 0.3) is 6.08 Å². The Morgan fingerprint density at radius 3 is 2.68 bits per heavy atom. The molecule has 0 saturated heterocycles. The molecular weight excluding hydrogens is 319 g/mol. The van der Waals surface area contributed by atoms with Crippen LogP contribution in [-0.4, -0.2) is 32.7 Å². The fourth-order valence-electron chi connectivity index (χ4n) is 1.53. The Morgan fingerprint density at radius 2 is 2.11 bits per heavy atom. The van der Waals surface area contributed by atoms with E-state index in [4.69, 9.17) is 5.11 Å². The maximum atomic E-state index is 13.4. The second-order valence-corrected chi connectivity index (χ2v) is 4.74. The van der Waals surface area contributed by atoms with Gasteiger partial charge in [0.05, 0.1) is 6.10 Å². The van der Waals surface area contributed by atoms with Crippen molar-refractivity contribution >= 4 is 28.0 Å². The quantitative estimate of drug-likeness (QED) is 0.550. The summed E-state index contributed by atoms with van der Waals surface area (Å²) in [6.45, 7) is 0. The Kier molecular flexibility index (Phi) is 6.14. The van der Waals surface area contributed by atoms with Crippen molar-refractivity contribution in [1.29, 1.82) is 0 Å². The summed E-state index contributed by atoms with van der Waals surface area (Å²) in [5.74, 6) is -1.78. The molecule has 0 radical (unpaired) electrons. The molecule has 0 aliphatic carbocycles. The van der Waals surface area contributed by atoms with E-state index in [0.717, 1.165) is 18.2 Å². The SMILES string of the molecule is O=C(O)/C=C/c1cc(C(O)C(O)CCBr)ccc1F. The van der Waals surface area contributed by atoms with E-state index in [1.807, 2.05) is 0 Å². The molecule has 2 unspecified atom stereocenters. The van der Waals surface area contributed by atoms with Gasteiger partial charge >= 0.3 is 5.97 Å². The molecule has 0 aliphatic rings. The third-order valence-corrected chi connectivity index (χ3v) is 2.99. The average molecular weight is 333 g/mol. The summed E-state index contributed by atoms with van der Waals surface area (Å²) in [5.41, 5.74) is 0.380. The van der Waals surface area contributed by atoms with Crippen molar-refractivity contribution in [3.63, 3.8) is 0 Å². The van der Waals surface area contributed by atoms with Gasteiger partial charge in [-0.05, 0) is 30.2 Å². The van der Waals surface area contributed by atoms with Gasteiger partial charge in [-0.2, -0.15) is 0 Å². The first-order valence-electron chi connectivity index (χ1n) is 5.58. The standard InChI is InChI=1S/C13H14BrFO4/c14-6-5-11(16)13(19)9-1-3-10(15)8(7-9)2-4-12(17)18/h1-4,7,11,13,16,19H,5-6H2,(H,17,18)/b4-2+. The molecule has 3 N–H and O–H groups in total. The number of hydrogen-bond acceptors (Lipinski definition) is 3. The van der Waals surface area contributed by atoms with E-state index in [-0.39, 0.29) is 5.56 Å². The van der Waals surface area contributed by atoms with Crippen LogP contribution in [-0.2, 0) is 4.79 Å². The van der Waals surface area contributed by atoms with Crippen LogP contribution in [0.5, 0.6) is 0 Å². The predicted octanol–water partition coefficient (Wildman–Crippen LogP) is 2.10. The van der Waals surface area contributed by atoms with Gasteiger partial charge in [0.15, 0.2) is 0 Å². The largest absolute Gasteiger partial charge is 0.478 e. The zero-order valence-electron chi connectivity index (χ0n) is 9.96. The third-order valence-electron chi connectivity index (χ3n) is 2.54. The monoisotopic (exact) mass is 332 g/mol. The molecule has 0 saturated carbocycles. The number of carboxylic acid groups (broad SMARTS) is 1. The molecule has 1 aromatic carbocycles. The first kappa shape index (κ1) is 15.8. The number of benzene rings is 1. The van der Waals surface area contributed by atoms with Gasteiger partial charge in [0.25, 0.3) is 0 Å². The number of aliphatic hydroxyl groups excluding tert-OH is 2. The summed E-state index contributed by atoms with van der Waals surface area (Å²) >= 11 is 3.15. The minimum atomic E-state index is -1.19. The molecule has 19 heavy (non-hydrogen) atoms. The lowest BCUT2D eigenvalue weighted by molar-refractivity contribution is -0.131. The highest BCUT2D eigenvalue weighted by Crippen LogP contribution is 2.22. The topological polar surface area (TPSA) is 77.8 Å². The summed E-state index contributed by atoms with van der Waals surface area (Å²) in [6.07, 6.45) is 0.142. The molecule has 6 heteroatoms. The lowest BCUT2D eigenvalue weighted by atomic mass is 10.00. The first-order valence-corrected chi connectivity index (χ1v) is 6.70. The number of hydrogen-bond donors (Lipinski definition) is 3. The lowest BCUT2D eigenvalue weighted by Gasteiger charge is -2.17. The highest BCUT2D eigenvalue weighted by molar-refractivity contribution is 9.09. The minimum Gasteiger partial charge on any atom is -0.478 e. The molecule has 0 spiro atoms. The Morgan fingerprint density at radius 1 is 1.42 bits per heavy atom. The van der Waals surface area contributed by atoms with Crippen molar-refractivity contribution in [1.82, 2.24) is 0 Å². The summed E-state index contributed by atoms with van der Waals surface area (Å²) in [6, 6.07) is 3.80. The van der Waals surface area contributed by atoms with Crippen LogP contribution in [0.2, 0.25) is 0 Å². The number of halogens is 2. The van der Waals surface area contributed by atoms with Crippen molar-refractivity contribution in [3.05, 3.63) is 41.2 Å². The molecule has 0 heterocycles. The normalized spacial score (nSPS) is 14.5. The molecule has 2 atom stereocenters. The van der Waals surface area contributed by atoms with Gasteiger partial charge in [0.1, 0.15) is 11.9 Å². The van der Waals surface area contributed by atoms with Crippen LogP contribution in [0.15, 0.2) is 24.3 Å². The number of carboxylic acids is 1. The van der Waals surface area contributed by atoms with E-state index in [0.29, 0.717) is 17.3 Å². The summed E-state index contributed by atoms with van der Waals surface area (Å²) in [7, 11) is 0. The molecule has 0 amide bonds. The number of carbonyl (C=O) groups is 1. The second-order valence-electron chi connectivity index (χ2n) is 3.94. The predicted molar refractivity (Wildman–Crippen MR) is 72.4 cm³/mol. The van der Waals surface area contributed by atoms with Gasteiger partial charge in [-0.1, -0.05) is 22.0 Å². The molecular formula is C13H14BrFO4. The highest BCUT2D eigenvalue weighted by Gasteiger charge is 2.18. The molecule has 4 nitrogen and oxygen atoms in total. The fourth-order valence-corrected chi connectivity index (χ4v) is 2.00. The van der Waals surface area contributed by atoms with Crippen LogP contribution < -0.4 is 0 Å². The summed E-state index contributed by atoms with van der Waals surface area (Å²) in [5, 5.41) is 28.6. The van der Waals surface area contributed by atoms with Crippen LogP contribution in [0.4, 0.5) is 4.39 Å². The third kappa shape index (κ3) is 4.74. The van der Waals surface area contributed by atoms with Crippen molar-refractivity contribution in [2.75, 3.05) is 5.33 Å². The van der Waals surface area contributed by atoms with Crippen molar-refractivity contribution in [3.8, 4) is 0 Å². The maximum Gasteiger partial charge on any atom is 0.328 e. The van der Waals surface area contributed by atoms with E-state index in [2.05, 4.69) is 15.9 Å². The zero-order valence-corrected chi connectivity index (χ0v) is 11.5. The van der Waals surface area contributed by atoms with E-state index in [9.17, 15) is 19.4 Å². The number of aliphatic hydroxyl groups is 2. The number of aliphatic carboxylic acids is 1. The number of rotatable bonds is 6. The second kappa shape index (κ2) is 7.37. The smallest absolute Gasteiger partial charge is 0.328 e. The van der Waals surface area contributed by atoms with Crippen molar-refractivity contribution in [2.45, 2.75) is 18.6 Å². The Balaban J connectivity index is 2.98.